The number of nitrogens with two attached hydrogens (primary N) is 1. The third-order valence-electron chi connectivity index (χ3n) is 3.62. The van der Waals surface area contributed by atoms with Gasteiger partial charge in [-0.15, -0.1) is 0 Å². The maximum atomic E-state index is 10.8. The van der Waals surface area contributed by atoms with Crippen LogP contribution in [0.1, 0.15) is 11.1 Å². The molecule has 6 heteroatoms. The summed E-state index contributed by atoms with van der Waals surface area (Å²) in [5, 5.41) is 26.6. The van der Waals surface area contributed by atoms with E-state index < -0.39 is 4.92 Å². The van der Waals surface area contributed by atoms with E-state index in [2.05, 4.69) is 5.10 Å². The highest BCUT2D eigenvalue weighted by Crippen LogP contribution is 2.30. The molecular formula is C17H13N3O3. The molecule has 0 radical (unpaired) electrons. The Morgan fingerprint density at radius 2 is 1.74 bits per heavy atom. The molecule has 0 bridgehead atoms. The number of aromatic hydroxyl groups is 1. The number of nitrogens with zero attached hydrogens (tertiary/aromatic N) is 2. The Bertz CT molecular complexity index is 918. The van der Waals surface area contributed by atoms with Crippen LogP contribution in [0.5, 0.6) is 5.75 Å². The highest BCUT2D eigenvalue weighted by atomic mass is 16.6. The van der Waals surface area contributed by atoms with Crippen molar-refractivity contribution in [2.75, 3.05) is 0 Å². The molecule has 0 aliphatic carbocycles. The van der Waals surface area contributed by atoms with Gasteiger partial charge in [-0.1, -0.05) is 30.3 Å². The highest BCUT2D eigenvalue weighted by molar-refractivity contribution is 6.21. The van der Waals surface area contributed by atoms with Crippen molar-refractivity contribution in [2.24, 2.45) is 10.9 Å². The second kappa shape index (κ2) is 5.76. The monoisotopic (exact) mass is 307 g/mol. The first-order valence-corrected chi connectivity index (χ1v) is 6.85. The SMILES string of the molecule is N/N=C(/c1ccc([N+](=O)[O-])cc1)c1c(O)ccc2ccccc12. The van der Waals surface area contributed by atoms with Crippen LogP contribution in [0.2, 0.25) is 0 Å². The number of phenols is 1. The van der Waals surface area contributed by atoms with Crippen molar-refractivity contribution in [3.8, 4) is 5.75 Å². The fourth-order valence-electron chi connectivity index (χ4n) is 2.53. The molecule has 0 saturated carbocycles. The maximum Gasteiger partial charge on any atom is 0.269 e. The predicted molar refractivity (Wildman–Crippen MR) is 88.5 cm³/mol. The van der Waals surface area contributed by atoms with E-state index in [0.29, 0.717) is 16.8 Å². The summed E-state index contributed by atoms with van der Waals surface area (Å²) in [6.07, 6.45) is 0. The molecule has 0 unspecified atom stereocenters. The van der Waals surface area contributed by atoms with Gasteiger partial charge in [0.2, 0.25) is 0 Å². The fourth-order valence-corrected chi connectivity index (χ4v) is 2.53. The van der Waals surface area contributed by atoms with Crippen LogP contribution in [-0.2, 0) is 0 Å². The van der Waals surface area contributed by atoms with Crippen molar-refractivity contribution in [1.82, 2.24) is 0 Å². The molecule has 23 heavy (non-hydrogen) atoms. The van der Waals surface area contributed by atoms with Crippen molar-refractivity contribution >= 4 is 22.2 Å². The summed E-state index contributed by atoms with van der Waals surface area (Å²) < 4.78 is 0. The molecule has 3 N–H and O–H groups in total. The maximum absolute atomic E-state index is 10.8. The van der Waals surface area contributed by atoms with E-state index in [-0.39, 0.29) is 11.4 Å². The smallest absolute Gasteiger partial charge is 0.269 e. The van der Waals surface area contributed by atoms with E-state index in [1.807, 2.05) is 24.3 Å². The number of rotatable bonds is 3. The standard InChI is InChI=1S/C17H13N3O3/c18-19-17(12-5-8-13(9-6-12)20(22)23)16-14-4-2-1-3-11(14)7-10-15(16)21/h1-10,21H,18H2/b19-17-. The zero-order valence-electron chi connectivity index (χ0n) is 12.0. The zero-order chi connectivity index (χ0) is 16.4. The fraction of sp³-hybridized carbons (Fsp3) is 0. The van der Waals surface area contributed by atoms with E-state index in [1.54, 1.807) is 24.3 Å². The number of hydrazone groups is 1. The Kier molecular flexibility index (Phi) is 3.64. The second-order valence-corrected chi connectivity index (χ2v) is 4.96. The Balaban J connectivity index is 2.19. The van der Waals surface area contributed by atoms with Crippen LogP contribution in [0.3, 0.4) is 0 Å². The summed E-state index contributed by atoms with van der Waals surface area (Å²) in [5.74, 6) is 5.59. The van der Waals surface area contributed by atoms with Crippen LogP contribution < -0.4 is 5.84 Å². The number of fused-ring (bicyclic) bond motifs is 1. The normalized spacial score (nSPS) is 11.6. The minimum Gasteiger partial charge on any atom is -0.507 e. The predicted octanol–water partition coefficient (Wildman–Crippen LogP) is 3.16. The van der Waals surface area contributed by atoms with Crippen molar-refractivity contribution < 1.29 is 10.0 Å². The second-order valence-electron chi connectivity index (χ2n) is 4.96. The topological polar surface area (TPSA) is 102 Å². The third kappa shape index (κ3) is 2.57. The Hall–Kier alpha value is -3.41. The van der Waals surface area contributed by atoms with Gasteiger partial charge < -0.3 is 10.9 Å². The molecule has 0 amide bonds. The van der Waals surface area contributed by atoms with Gasteiger partial charge in [-0.25, -0.2) is 0 Å². The molecule has 0 aliphatic rings. The zero-order valence-corrected chi connectivity index (χ0v) is 12.0. The molecule has 0 heterocycles. The summed E-state index contributed by atoms with van der Waals surface area (Å²) >= 11 is 0. The minimum absolute atomic E-state index is 0.0211. The summed E-state index contributed by atoms with van der Waals surface area (Å²) in [5.41, 5.74) is 1.44. The average Bonchev–Trinajstić information content (AvgIpc) is 2.58. The van der Waals surface area contributed by atoms with Gasteiger partial charge in [-0.3, -0.25) is 10.1 Å². The third-order valence-corrected chi connectivity index (χ3v) is 3.62. The number of nitro groups is 1. The Labute approximate surface area is 131 Å². The number of non-ortho nitro benzene ring substituents is 1. The molecule has 3 aromatic carbocycles. The van der Waals surface area contributed by atoms with Gasteiger partial charge in [0.15, 0.2) is 0 Å². The molecule has 0 saturated heterocycles. The summed E-state index contributed by atoms with van der Waals surface area (Å²) in [7, 11) is 0. The Morgan fingerprint density at radius 3 is 2.39 bits per heavy atom. The van der Waals surface area contributed by atoms with Crippen molar-refractivity contribution in [1.29, 1.82) is 0 Å². The van der Waals surface area contributed by atoms with E-state index in [0.717, 1.165) is 10.8 Å². The molecule has 6 nitrogen and oxygen atoms in total. The van der Waals surface area contributed by atoms with E-state index in [1.165, 1.54) is 12.1 Å². The van der Waals surface area contributed by atoms with Crippen LogP contribution in [-0.4, -0.2) is 15.7 Å². The number of hydrogen-bond donors (Lipinski definition) is 2. The summed E-state index contributed by atoms with van der Waals surface area (Å²) in [4.78, 5) is 10.3. The van der Waals surface area contributed by atoms with Crippen molar-refractivity contribution in [3.63, 3.8) is 0 Å². The van der Waals surface area contributed by atoms with Crippen LogP contribution in [0.25, 0.3) is 10.8 Å². The lowest BCUT2D eigenvalue weighted by atomic mass is 9.95. The van der Waals surface area contributed by atoms with Gasteiger partial charge in [-0.05, 0) is 29.0 Å². The lowest BCUT2D eigenvalue weighted by molar-refractivity contribution is -0.384. The molecule has 0 aliphatic heterocycles. The number of phenolic OH excluding ortho intramolecular Hbond substituents is 1. The largest absolute Gasteiger partial charge is 0.507 e. The minimum atomic E-state index is -0.474. The number of hydrogen-bond acceptors (Lipinski definition) is 5. The highest BCUT2D eigenvalue weighted by Gasteiger charge is 2.16. The first-order valence-electron chi connectivity index (χ1n) is 6.85. The van der Waals surface area contributed by atoms with Gasteiger partial charge >= 0.3 is 0 Å². The number of nitro benzene ring substituents is 1. The van der Waals surface area contributed by atoms with Gasteiger partial charge in [0.05, 0.1) is 10.5 Å². The first-order chi connectivity index (χ1) is 11.1. The lowest BCUT2D eigenvalue weighted by Crippen LogP contribution is -2.08. The van der Waals surface area contributed by atoms with Gasteiger partial charge in [0.25, 0.3) is 5.69 Å². The van der Waals surface area contributed by atoms with E-state index in [4.69, 9.17) is 5.84 Å². The molecule has 0 aromatic heterocycles. The van der Waals surface area contributed by atoms with Crippen LogP contribution >= 0.6 is 0 Å². The van der Waals surface area contributed by atoms with Crippen LogP contribution in [0, 0.1) is 10.1 Å². The molecule has 3 rings (SSSR count). The Morgan fingerprint density at radius 1 is 1.04 bits per heavy atom. The van der Waals surface area contributed by atoms with Gasteiger partial charge in [0, 0.05) is 17.7 Å². The van der Waals surface area contributed by atoms with Crippen molar-refractivity contribution in [3.05, 3.63) is 81.9 Å². The molecule has 114 valence electrons. The molecule has 0 atom stereocenters. The van der Waals surface area contributed by atoms with Gasteiger partial charge in [0.1, 0.15) is 11.5 Å². The molecule has 3 aromatic rings. The van der Waals surface area contributed by atoms with Crippen LogP contribution in [0.4, 0.5) is 5.69 Å². The number of benzene rings is 3. The molecular weight excluding hydrogens is 294 g/mol. The van der Waals surface area contributed by atoms with Gasteiger partial charge in [-0.2, -0.15) is 5.10 Å². The molecule has 0 fully saturated rings. The van der Waals surface area contributed by atoms with Crippen molar-refractivity contribution in [2.45, 2.75) is 0 Å². The lowest BCUT2D eigenvalue weighted by Gasteiger charge is -2.11. The quantitative estimate of drug-likeness (QED) is 0.336. The summed E-state index contributed by atoms with van der Waals surface area (Å²) in [6, 6.07) is 16.8. The average molecular weight is 307 g/mol. The first kappa shape index (κ1) is 14.5. The van der Waals surface area contributed by atoms with E-state index >= 15 is 0 Å². The van der Waals surface area contributed by atoms with E-state index in [9.17, 15) is 15.2 Å². The van der Waals surface area contributed by atoms with Crippen LogP contribution in [0.15, 0.2) is 65.8 Å². The molecule has 0 spiro atoms. The summed E-state index contributed by atoms with van der Waals surface area (Å²) in [6.45, 7) is 0.